The fourth-order valence-corrected chi connectivity index (χ4v) is 2.79. The maximum atomic E-state index is 5.17. The molecule has 1 N–H and O–H groups in total. The lowest BCUT2D eigenvalue weighted by molar-refractivity contribution is -0.00000452. The smallest absolute Gasteiger partial charge is 0.187 e. The summed E-state index contributed by atoms with van der Waals surface area (Å²) in [5.74, 6) is 0.854. The molecule has 0 aliphatic rings. The number of benzene rings is 2. The average Bonchev–Trinajstić information content (AvgIpc) is 2.98. The molecule has 114 valence electrons. The van der Waals surface area contributed by atoms with Gasteiger partial charge in [-0.25, -0.2) is 4.98 Å². The summed E-state index contributed by atoms with van der Waals surface area (Å²) >= 11 is 1.60. The van der Waals surface area contributed by atoms with E-state index in [-0.39, 0.29) is 17.0 Å². The number of hydrogen-bond donors (Lipinski definition) is 1. The summed E-state index contributed by atoms with van der Waals surface area (Å²) in [4.78, 5) is 4.64. The van der Waals surface area contributed by atoms with Gasteiger partial charge in [-0.3, -0.25) is 0 Å². The van der Waals surface area contributed by atoms with E-state index in [1.54, 1.807) is 18.4 Å². The van der Waals surface area contributed by atoms with E-state index in [1.807, 2.05) is 36.4 Å². The van der Waals surface area contributed by atoms with Crippen molar-refractivity contribution in [2.24, 2.45) is 0 Å². The Labute approximate surface area is 144 Å². The number of aromatic nitrogens is 1. The predicted molar refractivity (Wildman–Crippen MR) is 88.6 cm³/mol. The first-order chi connectivity index (χ1) is 10.3. The maximum Gasteiger partial charge on any atom is 0.187 e. The first-order valence-corrected chi connectivity index (χ1v) is 7.57. The molecule has 0 saturated heterocycles. The number of thiazole rings is 1. The Morgan fingerprint density at radius 1 is 1.05 bits per heavy atom. The van der Waals surface area contributed by atoms with Gasteiger partial charge in [0.15, 0.2) is 5.13 Å². The zero-order valence-electron chi connectivity index (χ0n) is 12.3. The molecule has 0 aliphatic carbocycles. The summed E-state index contributed by atoms with van der Waals surface area (Å²) in [6, 6.07) is 16.1. The normalized spacial score (nSPS) is 9.91. The molecule has 1 aromatic heterocycles. The van der Waals surface area contributed by atoms with Crippen LogP contribution in [0.25, 0.3) is 11.3 Å². The van der Waals surface area contributed by atoms with Crippen LogP contribution in [-0.2, 0) is 0 Å². The third-order valence-electron chi connectivity index (χ3n) is 3.28. The Morgan fingerprint density at radius 2 is 1.77 bits per heavy atom. The highest BCUT2D eigenvalue weighted by atomic mass is 79.9. The largest absolute Gasteiger partial charge is 1.00 e. The highest BCUT2D eigenvalue weighted by Gasteiger charge is 2.06. The Bertz CT molecular complexity index is 740. The molecule has 3 aromatic rings. The number of anilines is 2. The number of halogens is 1. The van der Waals surface area contributed by atoms with E-state index in [2.05, 4.69) is 34.7 Å². The van der Waals surface area contributed by atoms with Crippen molar-refractivity contribution in [2.75, 3.05) is 12.4 Å². The van der Waals surface area contributed by atoms with E-state index >= 15 is 0 Å². The van der Waals surface area contributed by atoms with Gasteiger partial charge in [-0.05, 0) is 42.8 Å². The molecular formula is C17H16BrN2OS-. The van der Waals surface area contributed by atoms with Crippen LogP contribution >= 0.6 is 11.3 Å². The molecule has 1 heterocycles. The van der Waals surface area contributed by atoms with Gasteiger partial charge >= 0.3 is 0 Å². The summed E-state index contributed by atoms with van der Waals surface area (Å²) in [7, 11) is 1.67. The average molecular weight is 376 g/mol. The molecule has 0 bridgehead atoms. The van der Waals surface area contributed by atoms with Crippen LogP contribution in [0.1, 0.15) is 5.56 Å². The lowest BCUT2D eigenvalue weighted by Gasteiger charge is -2.05. The third kappa shape index (κ3) is 3.67. The second-order valence-corrected chi connectivity index (χ2v) is 5.56. The van der Waals surface area contributed by atoms with Gasteiger partial charge in [-0.1, -0.05) is 18.2 Å². The molecule has 0 saturated carbocycles. The molecule has 0 amide bonds. The van der Waals surface area contributed by atoms with Crippen LogP contribution in [0, 0.1) is 6.92 Å². The molecule has 2 aromatic carbocycles. The zero-order chi connectivity index (χ0) is 14.7. The van der Waals surface area contributed by atoms with Crippen molar-refractivity contribution in [3.63, 3.8) is 0 Å². The minimum Gasteiger partial charge on any atom is -1.00 e. The fraction of sp³-hybridized carbons (Fsp3) is 0.118. The Balaban J connectivity index is 0.00000176. The van der Waals surface area contributed by atoms with Gasteiger partial charge in [0.1, 0.15) is 5.75 Å². The van der Waals surface area contributed by atoms with Crippen molar-refractivity contribution in [2.45, 2.75) is 6.92 Å². The number of para-hydroxylation sites is 1. The highest BCUT2D eigenvalue weighted by Crippen LogP contribution is 2.29. The molecule has 0 atom stereocenters. The lowest BCUT2D eigenvalue weighted by Crippen LogP contribution is -3.00. The fourth-order valence-electron chi connectivity index (χ4n) is 2.05. The van der Waals surface area contributed by atoms with Gasteiger partial charge in [0.25, 0.3) is 0 Å². The van der Waals surface area contributed by atoms with Crippen LogP contribution in [0.4, 0.5) is 10.8 Å². The van der Waals surface area contributed by atoms with E-state index in [0.29, 0.717) is 0 Å². The monoisotopic (exact) mass is 375 g/mol. The molecule has 0 radical (unpaired) electrons. The number of hydrogen-bond acceptors (Lipinski definition) is 4. The molecule has 22 heavy (non-hydrogen) atoms. The minimum absolute atomic E-state index is 0. The van der Waals surface area contributed by atoms with E-state index in [9.17, 15) is 0 Å². The van der Waals surface area contributed by atoms with Gasteiger partial charge in [0, 0.05) is 16.6 Å². The first kappa shape index (κ1) is 16.5. The summed E-state index contributed by atoms with van der Waals surface area (Å²) < 4.78 is 5.17. The number of methoxy groups -OCH3 is 1. The van der Waals surface area contributed by atoms with Gasteiger partial charge < -0.3 is 27.0 Å². The summed E-state index contributed by atoms with van der Waals surface area (Å²) in [5, 5.41) is 6.32. The lowest BCUT2D eigenvalue weighted by atomic mass is 10.2. The van der Waals surface area contributed by atoms with Crippen LogP contribution in [0.15, 0.2) is 53.9 Å². The Kier molecular flexibility index (Phi) is 5.57. The second kappa shape index (κ2) is 7.42. The summed E-state index contributed by atoms with van der Waals surface area (Å²) in [6.07, 6.45) is 0. The molecule has 0 fully saturated rings. The van der Waals surface area contributed by atoms with Crippen molar-refractivity contribution >= 4 is 22.2 Å². The van der Waals surface area contributed by atoms with Gasteiger partial charge in [0.05, 0.1) is 12.8 Å². The van der Waals surface area contributed by atoms with Gasteiger partial charge in [0.2, 0.25) is 0 Å². The van der Waals surface area contributed by atoms with E-state index < -0.39 is 0 Å². The molecule has 0 aliphatic heterocycles. The molecular weight excluding hydrogens is 360 g/mol. The highest BCUT2D eigenvalue weighted by molar-refractivity contribution is 7.14. The summed E-state index contributed by atoms with van der Waals surface area (Å²) in [5.41, 5.74) is 4.36. The second-order valence-electron chi connectivity index (χ2n) is 4.71. The summed E-state index contributed by atoms with van der Waals surface area (Å²) in [6.45, 7) is 2.08. The number of ether oxygens (including phenoxy) is 1. The molecule has 5 heteroatoms. The zero-order valence-corrected chi connectivity index (χ0v) is 14.7. The Hall–Kier alpha value is -1.85. The predicted octanol–water partition coefficient (Wildman–Crippen LogP) is 1.87. The van der Waals surface area contributed by atoms with E-state index in [0.717, 1.165) is 27.8 Å². The van der Waals surface area contributed by atoms with Crippen LogP contribution in [-0.4, -0.2) is 12.1 Å². The van der Waals surface area contributed by atoms with Crippen molar-refractivity contribution in [3.05, 3.63) is 59.5 Å². The maximum absolute atomic E-state index is 5.17. The number of nitrogens with one attached hydrogen (secondary N) is 1. The van der Waals surface area contributed by atoms with Crippen LogP contribution < -0.4 is 27.0 Å². The minimum atomic E-state index is 0. The third-order valence-corrected chi connectivity index (χ3v) is 4.03. The van der Waals surface area contributed by atoms with Crippen LogP contribution in [0.5, 0.6) is 5.75 Å². The van der Waals surface area contributed by atoms with Crippen molar-refractivity contribution < 1.29 is 21.7 Å². The van der Waals surface area contributed by atoms with Gasteiger partial charge in [-0.2, -0.15) is 0 Å². The standard InChI is InChI=1S/C17H16N2OS.BrH/c1-12-5-3-4-6-15(12)18-17-19-16(11-21-17)13-7-9-14(20-2)10-8-13;/h3-11H,1-2H3,(H,18,19);1H/p-1. The van der Waals surface area contributed by atoms with Crippen molar-refractivity contribution in [1.29, 1.82) is 0 Å². The molecule has 0 unspecified atom stereocenters. The molecule has 3 rings (SSSR count). The van der Waals surface area contributed by atoms with Crippen molar-refractivity contribution in [3.8, 4) is 17.0 Å². The molecule has 3 nitrogen and oxygen atoms in total. The van der Waals surface area contributed by atoms with Gasteiger partial charge in [-0.15, -0.1) is 11.3 Å². The Morgan fingerprint density at radius 3 is 2.45 bits per heavy atom. The van der Waals surface area contributed by atoms with E-state index in [1.165, 1.54) is 5.56 Å². The first-order valence-electron chi connectivity index (χ1n) is 6.69. The SMILES string of the molecule is COc1ccc(-c2csc(Nc3ccccc3C)n2)cc1.[Br-]. The quantitative estimate of drug-likeness (QED) is 0.755. The number of nitrogens with zero attached hydrogens (tertiary/aromatic N) is 1. The van der Waals surface area contributed by atoms with Crippen molar-refractivity contribution in [1.82, 2.24) is 4.98 Å². The van der Waals surface area contributed by atoms with Crippen LogP contribution in [0.3, 0.4) is 0 Å². The number of rotatable bonds is 4. The van der Waals surface area contributed by atoms with E-state index in [4.69, 9.17) is 4.74 Å². The molecule has 0 spiro atoms. The topological polar surface area (TPSA) is 34.1 Å². The number of aryl methyl sites for hydroxylation is 1. The van der Waals surface area contributed by atoms with Crippen LogP contribution in [0.2, 0.25) is 0 Å².